The number of anilines is 1. The number of nitrogens with one attached hydrogen (secondary N) is 3. The van der Waals surface area contributed by atoms with Gasteiger partial charge in [-0.15, -0.1) is 0 Å². The zero-order valence-corrected chi connectivity index (χ0v) is 20.2. The molecule has 9 heteroatoms. The van der Waals surface area contributed by atoms with Crippen LogP contribution in [0, 0.1) is 0 Å². The van der Waals surface area contributed by atoms with Gasteiger partial charge in [-0.25, -0.2) is 9.88 Å². The highest BCUT2D eigenvalue weighted by atomic mass is 31.2. The van der Waals surface area contributed by atoms with E-state index in [0.717, 1.165) is 5.56 Å². The molecule has 0 aliphatic heterocycles. The molecule has 0 aliphatic carbocycles. The smallest absolute Gasteiger partial charge is 0.354 e. The van der Waals surface area contributed by atoms with E-state index in [1.54, 1.807) is 31.2 Å². The van der Waals surface area contributed by atoms with Crippen molar-refractivity contribution < 1.29 is 23.4 Å². The molecule has 8 nitrogen and oxygen atoms in total. The molecule has 0 saturated carbocycles. The van der Waals surface area contributed by atoms with Crippen LogP contribution in [-0.2, 0) is 20.5 Å². The predicted octanol–water partition coefficient (Wildman–Crippen LogP) is 5.01. The normalized spacial score (nSPS) is 13.5. The van der Waals surface area contributed by atoms with Crippen molar-refractivity contribution in [3.63, 3.8) is 0 Å². The standard InChI is InChI=1S/C25H30N3O5P/c1-3-15-34(31,33-21-13-9-6-10-14-21)28-22(16-19-11-7-5-8-12-19)24(29)27-20-17-23(26-18-20)25(30)32-4-2/h5-14,17-18,22,26H,3-4,15-16H2,1-2H3,(H,27,29)(H,28,31). The lowest BCUT2D eigenvalue weighted by Gasteiger charge is -2.26. The van der Waals surface area contributed by atoms with Gasteiger partial charge < -0.3 is 19.6 Å². The number of carbonyl (C=O) groups excluding carboxylic acids is 2. The van der Waals surface area contributed by atoms with E-state index >= 15 is 0 Å². The van der Waals surface area contributed by atoms with Gasteiger partial charge in [-0.2, -0.15) is 0 Å². The van der Waals surface area contributed by atoms with Crippen molar-refractivity contribution in [1.82, 2.24) is 10.1 Å². The van der Waals surface area contributed by atoms with E-state index in [0.29, 0.717) is 24.3 Å². The number of H-pyrrole nitrogens is 1. The summed E-state index contributed by atoms with van der Waals surface area (Å²) in [4.78, 5) is 28.0. The predicted molar refractivity (Wildman–Crippen MR) is 132 cm³/mol. The summed E-state index contributed by atoms with van der Waals surface area (Å²) in [5, 5.41) is 5.81. The number of amides is 1. The molecule has 0 saturated heterocycles. The first-order chi connectivity index (χ1) is 16.4. The number of benzene rings is 2. The number of aromatic amines is 1. The molecule has 3 rings (SSSR count). The summed E-state index contributed by atoms with van der Waals surface area (Å²) in [7, 11) is -3.41. The van der Waals surface area contributed by atoms with Gasteiger partial charge in [0.1, 0.15) is 11.4 Å². The summed E-state index contributed by atoms with van der Waals surface area (Å²) < 4.78 is 24.6. The molecule has 1 aromatic heterocycles. The molecule has 0 spiro atoms. The summed E-state index contributed by atoms with van der Waals surface area (Å²) >= 11 is 0. The van der Waals surface area contributed by atoms with Gasteiger partial charge >= 0.3 is 13.5 Å². The second-order valence-electron chi connectivity index (χ2n) is 7.68. The average Bonchev–Trinajstić information content (AvgIpc) is 3.29. The van der Waals surface area contributed by atoms with Gasteiger partial charge in [0.05, 0.1) is 18.3 Å². The minimum atomic E-state index is -3.41. The highest BCUT2D eigenvalue weighted by molar-refractivity contribution is 7.57. The first kappa shape index (κ1) is 25.3. The Morgan fingerprint density at radius 3 is 2.35 bits per heavy atom. The van der Waals surface area contributed by atoms with Crippen LogP contribution >= 0.6 is 7.52 Å². The Balaban J connectivity index is 1.81. The first-order valence-electron chi connectivity index (χ1n) is 11.2. The molecule has 2 atom stereocenters. The number of aromatic nitrogens is 1. The molecule has 2 unspecified atom stereocenters. The molecule has 1 heterocycles. The second kappa shape index (κ2) is 12.2. The van der Waals surface area contributed by atoms with Crippen LogP contribution in [0.1, 0.15) is 36.3 Å². The van der Waals surface area contributed by atoms with Crippen molar-refractivity contribution >= 4 is 25.1 Å². The largest absolute Gasteiger partial charge is 0.461 e. The van der Waals surface area contributed by atoms with E-state index in [4.69, 9.17) is 9.26 Å². The molecule has 0 radical (unpaired) electrons. The minimum absolute atomic E-state index is 0.230. The number of para-hydroxylation sites is 1. The zero-order valence-electron chi connectivity index (χ0n) is 19.3. The number of hydrogen-bond acceptors (Lipinski definition) is 5. The maximum Gasteiger partial charge on any atom is 0.354 e. The number of rotatable bonds is 12. The fourth-order valence-corrected chi connectivity index (χ4v) is 5.40. The van der Waals surface area contributed by atoms with Crippen LogP contribution in [0.25, 0.3) is 0 Å². The molecule has 3 aromatic rings. The van der Waals surface area contributed by atoms with Gasteiger partial charge in [0.25, 0.3) is 0 Å². The topological polar surface area (TPSA) is 110 Å². The lowest BCUT2D eigenvalue weighted by molar-refractivity contribution is -0.117. The Labute approximate surface area is 199 Å². The molecule has 34 heavy (non-hydrogen) atoms. The van der Waals surface area contributed by atoms with Gasteiger partial charge in [0, 0.05) is 12.4 Å². The monoisotopic (exact) mass is 483 g/mol. The van der Waals surface area contributed by atoms with Crippen molar-refractivity contribution in [2.45, 2.75) is 32.7 Å². The number of esters is 1. The average molecular weight is 484 g/mol. The third-order valence-corrected chi connectivity index (χ3v) is 7.16. The van der Waals surface area contributed by atoms with Crippen LogP contribution in [0.15, 0.2) is 72.9 Å². The Morgan fingerprint density at radius 1 is 1.03 bits per heavy atom. The van der Waals surface area contributed by atoms with E-state index in [9.17, 15) is 14.2 Å². The molecule has 3 N–H and O–H groups in total. The Kier molecular flexibility index (Phi) is 9.08. The van der Waals surface area contributed by atoms with Crippen LogP contribution in [0.5, 0.6) is 5.75 Å². The molecule has 1 amide bonds. The SMILES string of the molecule is CCCP(=O)(NC(Cc1ccccc1)C(=O)Nc1c[nH]c(C(=O)OCC)c1)Oc1ccccc1. The van der Waals surface area contributed by atoms with Gasteiger partial charge in [-0.3, -0.25) is 9.36 Å². The molecule has 2 aromatic carbocycles. The Morgan fingerprint density at radius 2 is 1.71 bits per heavy atom. The van der Waals surface area contributed by atoms with Crippen molar-refractivity contribution in [2.24, 2.45) is 0 Å². The van der Waals surface area contributed by atoms with Gasteiger partial charge in [-0.05, 0) is 43.5 Å². The van der Waals surface area contributed by atoms with E-state index in [2.05, 4.69) is 15.4 Å². The molecule has 180 valence electrons. The molecule has 0 bridgehead atoms. The van der Waals surface area contributed by atoms with E-state index < -0.39 is 25.4 Å². The highest BCUT2D eigenvalue weighted by Crippen LogP contribution is 2.44. The fourth-order valence-electron chi connectivity index (χ4n) is 3.39. The molecule has 0 aliphatic rings. The molecular formula is C25H30N3O5P. The van der Waals surface area contributed by atoms with Gasteiger partial charge in [0.15, 0.2) is 0 Å². The highest BCUT2D eigenvalue weighted by Gasteiger charge is 2.31. The Bertz CT molecular complexity index is 1120. The maximum atomic E-state index is 13.7. The van der Waals surface area contributed by atoms with Crippen LogP contribution in [-0.4, -0.2) is 35.7 Å². The summed E-state index contributed by atoms with van der Waals surface area (Å²) in [5.41, 5.74) is 1.54. The van der Waals surface area contributed by atoms with Crippen molar-refractivity contribution in [2.75, 3.05) is 18.1 Å². The van der Waals surface area contributed by atoms with Crippen LogP contribution in [0.3, 0.4) is 0 Å². The third kappa shape index (κ3) is 7.33. The maximum absolute atomic E-state index is 13.7. The second-order valence-corrected chi connectivity index (χ2v) is 9.92. The van der Waals surface area contributed by atoms with Gasteiger partial charge in [-0.1, -0.05) is 55.5 Å². The number of carbonyl (C=O) groups is 2. The van der Waals surface area contributed by atoms with Crippen LogP contribution in [0.2, 0.25) is 0 Å². The summed E-state index contributed by atoms with van der Waals surface area (Å²) in [5.74, 6) is -0.438. The van der Waals surface area contributed by atoms with Crippen molar-refractivity contribution in [1.29, 1.82) is 0 Å². The lowest BCUT2D eigenvalue weighted by Crippen LogP contribution is -2.41. The zero-order chi connectivity index (χ0) is 24.4. The van der Waals surface area contributed by atoms with E-state index in [1.165, 1.54) is 12.3 Å². The Hall–Kier alpha value is -3.35. The third-order valence-electron chi connectivity index (χ3n) is 4.91. The van der Waals surface area contributed by atoms with Gasteiger partial charge in [0.2, 0.25) is 5.91 Å². The summed E-state index contributed by atoms with van der Waals surface area (Å²) in [6.07, 6.45) is 2.68. The van der Waals surface area contributed by atoms with E-state index in [-0.39, 0.29) is 18.5 Å². The number of ether oxygens (including phenoxy) is 1. The van der Waals surface area contributed by atoms with Crippen LogP contribution in [0.4, 0.5) is 5.69 Å². The first-order valence-corrected chi connectivity index (χ1v) is 13.0. The molecular weight excluding hydrogens is 453 g/mol. The fraction of sp³-hybridized carbons (Fsp3) is 0.280. The van der Waals surface area contributed by atoms with E-state index in [1.807, 2.05) is 43.3 Å². The lowest BCUT2D eigenvalue weighted by atomic mass is 10.1. The van der Waals surface area contributed by atoms with Crippen molar-refractivity contribution in [3.05, 3.63) is 84.2 Å². The van der Waals surface area contributed by atoms with Crippen LogP contribution < -0.4 is 14.9 Å². The quantitative estimate of drug-likeness (QED) is 0.247. The number of hydrogen-bond donors (Lipinski definition) is 3. The summed E-state index contributed by atoms with van der Waals surface area (Å²) in [6.45, 7) is 3.87. The molecule has 0 fully saturated rings. The van der Waals surface area contributed by atoms with Crippen molar-refractivity contribution in [3.8, 4) is 5.75 Å². The summed E-state index contributed by atoms with van der Waals surface area (Å²) in [6, 6.07) is 19.0. The minimum Gasteiger partial charge on any atom is -0.461 e.